The second kappa shape index (κ2) is 3.94. The Morgan fingerprint density at radius 2 is 2.36 bits per heavy atom. The number of fused-ring (bicyclic) bond motifs is 1. The van der Waals surface area contributed by atoms with E-state index in [0.717, 1.165) is 23.2 Å². The average molecular weight is 208 g/mol. The van der Waals surface area contributed by atoms with Crippen molar-refractivity contribution < 1.29 is 0 Å². The Morgan fingerprint density at radius 3 is 3.14 bits per heavy atom. The fourth-order valence-corrected chi connectivity index (χ4v) is 2.21. The molecule has 0 saturated carbocycles. The second-order valence-electron chi connectivity index (χ2n) is 3.20. The number of aromatic nitrogens is 1. The molecular weight excluding hydrogens is 196 g/mol. The number of benzene rings is 1. The van der Waals surface area contributed by atoms with E-state index in [1.54, 1.807) is 0 Å². The summed E-state index contributed by atoms with van der Waals surface area (Å²) in [4.78, 5) is 13.9. The van der Waals surface area contributed by atoms with E-state index in [9.17, 15) is 4.79 Å². The zero-order chi connectivity index (χ0) is 9.97. The maximum absolute atomic E-state index is 11.1. The van der Waals surface area contributed by atoms with Crippen LogP contribution in [0.25, 0.3) is 10.2 Å². The average Bonchev–Trinajstić information content (AvgIpc) is 2.54. The first-order valence-corrected chi connectivity index (χ1v) is 5.37. The molecule has 2 rings (SSSR count). The van der Waals surface area contributed by atoms with Crippen LogP contribution in [0.15, 0.2) is 23.0 Å². The molecule has 2 N–H and O–H groups in total. The third-order valence-corrected chi connectivity index (χ3v) is 2.99. The highest BCUT2D eigenvalue weighted by Gasteiger charge is 1.99. The van der Waals surface area contributed by atoms with Gasteiger partial charge in [0.1, 0.15) is 0 Å². The molecule has 74 valence electrons. The Kier molecular flexibility index (Phi) is 2.65. The van der Waals surface area contributed by atoms with E-state index in [2.05, 4.69) is 22.4 Å². The first kappa shape index (κ1) is 9.43. The summed E-state index contributed by atoms with van der Waals surface area (Å²) in [5.41, 5.74) is 2.20. The number of aromatic amines is 1. The fourth-order valence-electron chi connectivity index (χ4n) is 1.41. The van der Waals surface area contributed by atoms with Crippen LogP contribution in [0.1, 0.15) is 5.56 Å². The highest BCUT2D eigenvalue weighted by Crippen LogP contribution is 2.16. The molecule has 0 unspecified atom stereocenters. The second-order valence-corrected chi connectivity index (χ2v) is 4.21. The minimum atomic E-state index is 0.0192. The van der Waals surface area contributed by atoms with Crippen molar-refractivity contribution in [2.75, 3.05) is 13.6 Å². The normalized spacial score (nSPS) is 10.9. The van der Waals surface area contributed by atoms with Crippen molar-refractivity contribution >= 4 is 21.6 Å². The Hall–Kier alpha value is -1.13. The van der Waals surface area contributed by atoms with Gasteiger partial charge in [-0.15, -0.1) is 0 Å². The molecule has 14 heavy (non-hydrogen) atoms. The third kappa shape index (κ3) is 1.86. The number of likely N-dealkylation sites (N-methyl/N-ethyl adjacent to an activating group) is 1. The van der Waals surface area contributed by atoms with Gasteiger partial charge in [0.2, 0.25) is 0 Å². The summed E-state index contributed by atoms with van der Waals surface area (Å²) in [6, 6.07) is 6.11. The maximum Gasteiger partial charge on any atom is 0.305 e. The van der Waals surface area contributed by atoms with Gasteiger partial charge in [-0.05, 0) is 37.7 Å². The molecule has 0 aliphatic carbocycles. The van der Waals surface area contributed by atoms with Crippen molar-refractivity contribution in [2.24, 2.45) is 0 Å². The van der Waals surface area contributed by atoms with Crippen LogP contribution in [0.4, 0.5) is 0 Å². The maximum atomic E-state index is 11.1. The van der Waals surface area contributed by atoms with Crippen molar-refractivity contribution in [1.29, 1.82) is 0 Å². The van der Waals surface area contributed by atoms with Crippen LogP contribution in [-0.4, -0.2) is 18.6 Å². The molecule has 0 aliphatic rings. The van der Waals surface area contributed by atoms with Gasteiger partial charge in [-0.1, -0.05) is 17.4 Å². The van der Waals surface area contributed by atoms with Crippen LogP contribution in [0.5, 0.6) is 0 Å². The van der Waals surface area contributed by atoms with E-state index in [1.165, 1.54) is 16.9 Å². The van der Waals surface area contributed by atoms with E-state index in [0.29, 0.717) is 0 Å². The van der Waals surface area contributed by atoms with Crippen LogP contribution < -0.4 is 10.2 Å². The number of thiazole rings is 1. The Morgan fingerprint density at radius 1 is 1.50 bits per heavy atom. The largest absolute Gasteiger partial charge is 0.319 e. The summed E-state index contributed by atoms with van der Waals surface area (Å²) >= 11 is 1.27. The van der Waals surface area contributed by atoms with E-state index >= 15 is 0 Å². The van der Waals surface area contributed by atoms with Crippen LogP contribution in [-0.2, 0) is 6.42 Å². The summed E-state index contributed by atoms with van der Waals surface area (Å²) in [6.07, 6.45) is 0.999. The summed E-state index contributed by atoms with van der Waals surface area (Å²) in [6.45, 7) is 0.963. The van der Waals surface area contributed by atoms with Gasteiger partial charge in [0.25, 0.3) is 0 Å². The smallest absolute Gasteiger partial charge is 0.305 e. The van der Waals surface area contributed by atoms with Crippen molar-refractivity contribution in [1.82, 2.24) is 10.3 Å². The van der Waals surface area contributed by atoms with Gasteiger partial charge >= 0.3 is 4.87 Å². The molecule has 3 nitrogen and oxygen atoms in total. The first-order chi connectivity index (χ1) is 6.79. The lowest BCUT2D eigenvalue weighted by Crippen LogP contribution is -2.09. The molecule has 0 saturated heterocycles. The van der Waals surface area contributed by atoms with Crippen molar-refractivity contribution in [3.8, 4) is 0 Å². The first-order valence-electron chi connectivity index (χ1n) is 4.56. The predicted molar refractivity (Wildman–Crippen MR) is 60.1 cm³/mol. The summed E-state index contributed by atoms with van der Waals surface area (Å²) < 4.78 is 1.05. The molecular formula is C10H12N2OS. The van der Waals surface area contributed by atoms with Crippen molar-refractivity contribution in [3.05, 3.63) is 33.4 Å². The van der Waals surface area contributed by atoms with Gasteiger partial charge in [-0.25, -0.2) is 0 Å². The van der Waals surface area contributed by atoms with E-state index in [1.807, 2.05) is 13.1 Å². The molecule has 1 heterocycles. The number of hydrogen-bond donors (Lipinski definition) is 2. The van der Waals surface area contributed by atoms with Gasteiger partial charge in [-0.2, -0.15) is 0 Å². The highest BCUT2D eigenvalue weighted by molar-refractivity contribution is 7.16. The minimum absolute atomic E-state index is 0.0192. The molecule has 0 radical (unpaired) electrons. The summed E-state index contributed by atoms with van der Waals surface area (Å²) in [7, 11) is 1.94. The standard InChI is InChI=1S/C10H12N2OS/c1-11-5-4-7-2-3-8-9(6-7)14-10(13)12-8/h2-3,6,11H,4-5H2,1H3,(H,12,13). The zero-order valence-corrected chi connectivity index (χ0v) is 8.78. The van der Waals surface area contributed by atoms with Crippen molar-refractivity contribution in [2.45, 2.75) is 6.42 Å². The third-order valence-electron chi connectivity index (χ3n) is 2.15. The number of nitrogens with one attached hydrogen (secondary N) is 2. The van der Waals surface area contributed by atoms with Gasteiger partial charge in [-0.3, -0.25) is 4.79 Å². The molecule has 1 aromatic heterocycles. The van der Waals surface area contributed by atoms with Gasteiger partial charge in [0, 0.05) is 0 Å². The molecule has 0 amide bonds. The number of rotatable bonds is 3. The van der Waals surface area contributed by atoms with E-state index < -0.39 is 0 Å². The monoisotopic (exact) mass is 208 g/mol. The molecule has 0 spiro atoms. The molecule has 0 aliphatic heterocycles. The Balaban J connectivity index is 2.35. The summed E-state index contributed by atoms with van der Waals surface area (Å²) in [5, 5.41) is 3.10. The molecule has 1 aromatic carbocycles. The Labute approximate surface area is 85.8 Å². The molecule has 0 atom stereocenters. The molecule has 4 heteroatoms. The summed E-state index contributed by atoms with van der Waals surface area (Å²) in [5.74, 6) is 0. The lowest BCUT2D eigenvalue weighted by molar-refractivity contribution is 0.792. The lowest BCUT2D eigenvalue weighted by atomic mass is 10.1. The fraction of sp³-hybridized carbons (Fsp3) is 0.300. The molecule has 0 bridgehead atoms. The van der Waals surface area contributed by atoms with Gasteiger partial charge in [0.05, 0.1) is 10.2 Å². The zero-order valence-electron chi connectivity index (χ0n) is 7.96. The van der Waals surface area contributed by atoms with Crippen LogP contribution >= 0.6 is 11.3 Å². The SMILES string of the molecule is CNCCc1ccc2[nH]c(=O)sc2c1. The number of hydrogen-bond acceptors (Lipinski definition) is 3. The van der Waals surface area contributed by atoms with Crippen LogP contribution in [0.3, 0.4) is 0 Å². The van der Waals surface area contributed by atoms with Gasteiger partial charge in [0.15, 0.2) is 0 Å². The quantitative estimate of drug-likeness (QED) is 0.799. The van der Waals surface area contributed by atoms with Crippen molar-refractivity contribution in [3.63, 3.8) is 0 Å². The lowest BCUT2D eigenvalue weighted by Gasteiger charge is -1.99. The predicted octanol–water partition coefficient (Wildman–Crippen LogP) is 1.35. The van der Waals surface area contributed by atoms with Crippen LogP contribution in [0, 0.1) is 0 Å². The van der Waals surface area contributed by atoms with Gasteiger partial charge < -0.3 is 10.3 Å². The topological polar surface area (TPSA) is 44.9 Å². The highest BCUT2D eigenvalue weighted by atomic mass is 32.1. The van der Waals surface area contributed by atoms with Crippen LogP contribution in [0.2, 0.25) is 0 Å². The minimum Gasteiger partial charge on any atom is -0.319 e. The van der Waals surface area contributed by atoms with E-state index in [4.69, 9.17) is 0 Å². The molecule has 0 fully saturated rings. The van der Waals surface area contributed by atoms with E-state index in [-0.39, 0.29) is 4.87 Å². The Bertz CT molecular complexity index is 486. The number of H-pyrrole nitrogens is 1. The molecule has 2 aromatic rings.